The molecule has 0 bridgehead atoms. The molecular formula is C21H24O6. The normalized spacial score (nSPS) is 10.1. The van der Waals surface area contributed by atoms with E-state index in [0.717, 1.165) is 12.2 Å². The van der Waals surface area contributed by atoms with Crippen molar-refractivity contribution in [1.29, 1.82) is 0 Å². The van der Waals surface area contributed by atoms with Crippen LogP contribution >= 0.6 is 0 Å². The lowest BCUT2D eigenvalue weighted by molar-refractivity contribution is -0.146. The number of hydrogen-bond acceptors (Lipinski definition) is 6. The molecule has 0 aliphatic rings. The molecule has 27 heavy (non-hydrogen) atoms. The molecule has 144 valence electrons. The summed E-state index contributed by atoms with van der Waals surface area (Å²) in [7, 11) is 0. The van der Waals surface area contributed by atoms with Crippen molar-refractivity contribution in [2.24, 2.45) is 0 Å². The molecule has 0 fully saturated rings. The average Bonchev–Trinajstić information content (AvgIpc) is 2.69. The Labute approximate surface area is 159 Å². The minimum Gasteiger partial charge on any atom is -0.494 e. The van der Waals surface area contributed by atoms with Crippen molar-refractivity contribution in [2.75, 3.05) is 26.4 Å². The Morgan fingerprint density at radius 1 is 0.741 bits per heavy atom. The van der Waals surface area contributed by atoms with Crippen LogP contribution in [0.5, 0.6) is 17.2 Å². The van der Waals surface area contributed by atoms with Crippen molar-refractivity contribution in [3.63, 3.8) is 0 Å². The summed E-state index contributed by atoms with van der Waals surface area (Å²) in [6, 6.07) is 13.9. The molecule has 0 saturated carbocycles. The van der Waals surface area contributed by atoms with Gasteiger partial charge in [0.15, 0.2) is 12.4 Å². The van der Waals surface area contributed by atoms with E-state index >= 15 is 0 Å². The highest BCUT2D eigenvalue weighted by atomic mass is 16.6. The van der Waals surface area contributed by atoms with Gasteiger partial charge >= 0.3 is 5.97 Å². The number of carbonyl (C=O) groups is 2. The van der Waals surface area contributed by atoms with E-state index in [1.807, 2.05) is 19.1 Å². The van der Waals surface area contributed by atoms with Gasteiger partial charge in [0.05, 0.1) is 6.61 Å². The Morgan fingerprint density at radius 2 is 1.26 bits per heavy atom. The maximum atomic E-state index is 11.7. The van der Waals surface area contributed by atoms with Gasteiger partial charge in [-0.05, 0) is 61.9 Å². The third kappa shape index (κ3) is 7.40. The molecule has 0 radical (unpaired) electrons. The second kappa shape index (κ2) is 10.9. The van der Waals surface area contributed by atoms with Crippen molar-refractivity contribution in [2.45, 2.75) is 20.3 Å². The van der Waals surface area contributed by atoms with Crippen molar-refractivity contribution in [3.8, 4) is 17.2 Å². The lowest BCUT2D eigenvalue weighted by Gasteiger charge is -2.09. The van der Waals surface area contributed by atoms with Crippen LogP contribution < -0.4 is 14.2 Å². The van der Waals surface area contributed by atoms with Crippen LogP contribution in [0.15, 0.2) is 48.5 Å². The van der Waals surface area contributed by atoms with Crippen LogP contribution in [-0.2, 0) is 9.53 Å². The van der Waals surface area contributed by atoms with Gasteiger partial charge in [-0.15, -0.1) is 0 Å². The first-order chi connectivity index (χ1) is 13.1. The predicted octanol–water partition coefficient (Wildman–Crippen LogP) is 3.68. The molecule has 0 unspecified atom stereocenters. The molecule has 2 aromatic carbocycles. The molecule has 0 amide bonds. The molecule has 0 saturated heterocycles. The number of rotatable bonds is 11. The van der Waals surface area contributed by atoms with E-state index in [1.54, 1.807) is 36.4 Å². The Morgan fingerprint density at radius 3 is 1.81 bits per heavy atom. The molecule has 2 rings (SSSR count). The highest BCUT2D eigenvalue weighted by Crippen LogP contribution is 2.17. The van der Waals surface area contributed by atoms with E-state index in [2.05, 4.69) is 0 Å². The summed E-state index contributed by atoms with van der Waals surface area (Å²) in [5.41, 5.74) is 0.590. The van der Waals surface area contributed by atoms with Gasteiger partial charge in [0, 0.05) is 5.56 Å². The number of ketones is 1. The first-order valence-corrected chi connectivity index (χ1v) is 8.83. The molecule has 0 aliphatic heterocycles. The van der Waals surface area contributed by atoms with Crippen LogP contribution in [0.25, 0.3) is 0 Å². The first-order valence-electron chi connectivity index (χ1n) is 8.83. The van der Waals surface area contributed by atoms with E-state index in [9.17, 15) is 9.59 Å². The van der Waals surface area contributed by atoms with Crippen LogP contribution in [0, 0.1) is 0 Å². The van der Waals surface area contributed by atoms with E-state index < -0.39 is 5.97 Å². The van der Waals surface area contributed by atoms with E-state index in [4.69, 9.17) is 18.9 Å². The summed E-state index contributed by atoms with van der Waals surface area (Å²) in [4.78, 5) is 22.9. The zero-order valence-electron chi connectivity index (χ0n) is 15.6. The smallest absolute Gasteiger partial charge is 0.344 e. The number of benzene rings is 2. The third-order valence-corrected chi connectivity index (χ3v) is 3.53. The summed E-state index contributed by atoms with van der Waals surface area (Å²) < 4.78 is 21.4. The fraction of sp³-hybridized carbons (Fsp3) is 0.333. The number of esters is 1. The lowest BCUT2D eigenvalue weighted by atomic mass is 10.1. The standard InChI is InChI=1S/C21H24O6/c1-3-12-24-18-8-10-19(11-9-18)25-13-14-26-21(23)15-27-20-6-4-17(5-7-20)16(2)22/h4-11H,3,12-15H2,1-2H3. The van der Waals surface area contributed by atoms with Crippen molar-refractivity contribution >= 4 is 11.8 Å². The van der Waals surface area contributed by atoms with Crippen LogP contribution in [0.4, 0.5) is 0 Å². The van der Waals surface area contributed by atoms with Crippen molar-refractivity contribution < 1.29 is 28.5 Å². The molecule has 6 heteroatoms. The van der Waals surface area contributed by atoms with E-state index in [0.29, 0.717) is 23.7 Å². The Balaban J connectivity index is 1.62. The summed E-state index contributed by atoms with van der Waals surface area (Å²) in [5, 5.41) is 0. The quantitative estimate of drug-likeness (QED) is 0.340. The third-order valence-electron chi connectivity index (χ3n) is 3.53. The number of hydrogen-bond donors (Lipinski definition) is 0. The zero-order valence-corrected chi connectivity index (χ0v) is 15.6. The van der Waals surface area contributed by atoms with Gasteiger partial charge in [-0.25, -0.2) is 4.79 Å². The number of Topliss-reactive ketones (excluding diaryl/α,β-unsaturated/α-hetero) is 1. The van der Waals surface area contributed by atoms with Gasteiger partial charge in [-0.1, -0.05) is 6.92 Å². The minimum absolute atomic E-state index is 0.0240. The number of carbonyl (C=O) groups excluding carboxylic acids is 2. The first kappa shape index (κ1) is 20.3. The van der Waals surface area contributed by atoms with Crippen LogP contribution in [0.1, 0.15) is 30.6 Å². The van der Waals surface area contributed by atoms with Gasteiger partial charge in [0.25, 0.3) is 0 Å². The fourth-order valence-electron chi connectivity index (χ4n) is 2.14. The molecule has 0 spiro atoms. The Hall–Kier alpha value is -3.02. The fourth-order valence-corrected chi connectivity index (χ4v) is 2.14. The summed E-state index contributed by atoms with van der Waals surface area (Å²) in [6.07, 6.45) is 0.955. The lowest BCUT2D eigenvalue weighted by Crippen LogP contribution is -2.18. The SMILES string of the molecule is CCCOc1ccc(OCCOC(=O)COc2ccc(C(C)=O)cc2)cc1. The largest absolute Gasteiger partial charge is 0.494 e. The van der Waals surface area contributed by atoms with Gasteiger partial charge in [-0.3, -0.25) is 4.79 Å². The van der Waals surface area contributed by atoms with Crippen LogP contribution in [-0.4, -0.2) is 38.2 Å². The molecular weight excluding hydrogens is 348 g/mol. The van der Waals surface area contributed by atoms with Gasteiger partial charge in [-0.2, -0.15) is 0 Å². The zero-order chi connectivity index (χ0) is 19.5. The topological polar surface area (TPSA) is 71.1 Å². The predicted molar refractivity (Wildman–Crippen MR) is 101 cm³/mol. The minimum atomic E-state index is -0.488. The summed E-state index contributed by atoms with van der Waals surface area (Å²) >= 11 is 0. The second-order valence-corrected chi connectivity index (χ2v) is 5.76. The monoisotopic (exact) mass is 372 g/mol. The average molecular weight is 372 g/mol. The van der Waals surface area contributed by atoms with E-state index in [1.165, 1.54) is 6.92 Å². The van der Waals surface area contributed by atoms with Crippen LogP contribution in [0.3, 0.4) is 0 Å². The molecule has 0 N–H and O–H groups in total. The Bertz CT molecular complexity index is 721. The molecule has 0 aromatic heterocycles. The maximum absolute atomic E-state index is 11.7. The van der Waals surface area contributed by atoms with Gasteiger partial charge in [0.2, 0.25) is 0 Å². The van der Waals surface area contributed by atoms with Crippen LogP contribution in [0.2, 0.25) is 0 Å². The molecule has 0 atom stereocenters. The highest BCUT2D eigenvalue weighted by molar-refractivity contribution is 5.94. The van der Waals surface area contributed by atoms with Crippen molar-refractivity contribution in [3.05, 3.63) is 54.1 Å². The van der Waals surface area contributed by atoms with Gasteiger partial charge in [0.1, 0.15) is 30.5 Å². The van der Waals surface area contributed by atoms with Gasteiger partial charge < -0.3 is 18.9 Å². The second-order valence-electron chi connectivity index (χ2n) is 5.76. The maximum Gasteiger partial charge on any atom is 0.344 e. The summed E-state index contributed by atoms with van der Waals surface area (Å²) in [5.74, 6) is 1.46. The highest BCUT2D eigenvalue weighted by Gasteiger charge is 2.06. The molecule has 0 heterocycles. The van der Waals surface area contributed by atoms with Crippen molar-refractivity contribution in [1.82, 2.24) is 0 Å². The summed E-state index contributed by atoms with van der Waals surface area (Å²) in [6.45, 7) is 4.38. The molecule has 0 aliphatic carbocycles. The Kier molecular flexibility index (Phi) is 8.16. The van der Waals surface area contributed by atoms with E-state index in [-0.39, 0.29) is 25.6 Å². The molecule has 6 nitrogen and oxygen atoms in total. The number of ether oxygens (including phenoxy) is 4. The molecule has 2 aromatic rings.